The summed E-state index contributed by atoms with van der Waals surface area (Å²) in [5.41, 5.74) is 10.8. The number of aliphatic carboxylic acids is 1. The fourth-order valence-electron chi connectivity index (χ4n) is 4.38. The van der Waals surface area contributed by atoms with Crippen molar-refractivity contribution in [2.45, 2.75) is 117 Å². The first-order chi connectivity index (χ1) is 17.4. The number of carboxylic acid groups (broad SMARTS) is 1. The quantitative estimate of drug-likeness (QED) is 0.0744. The molecular formula is C28H60N6O3. The van der Waals surface area contributed by atoms with Crippen LogP contribution in [0.4, 0.5) is 0 Å². The molecule has 220 valence electrons. The summed E-state index contributed by atoms with van der Waals surface area (Å²) in [6, 6.07) is 0. The molecule has 0 radical (unpaired) electrons. The molecule has 0 aliphatic heterocycles. The average molecular weight is 529 g/mol. The number of amides is 1. The summed E-state index contributed by atoms with van der Waals surface area (Å²) >= 11 is 0. The van der Waals surface area contributed by atoms with Crippen molar-refractivity contribution in [1.29, 1.82) is 0 Å². The Morgan fingerprint density at radius 3 is 2.05 bits per heavy atom. The summed E-state index contributed by atoms with van der Waals surface area (Å²) in [7, 11) is 0. The van der Waals surface area contributed by atoms with Gasteiger partial charge in [-0.05, 0) is 69.5 Å². The molecule has 0 saturated carbocycles. The number of carbonyl (C=O) groups is 2. The van der Waals surface area contributed by atoms with Gasteiger partial charge in [-0.1, -0.05) is 60.8 Å². The first kappa shape index (κ1) is 35.7. The molecule has 0 rings (SSSR count). The Bertz CT molecular complexity index is 619. The zero-order valence-electron chi connectivity index (χ0n) is 24.8. The van der Waals surface area contributed by atoms with Crippen LogP contribution in [0.3, 0.4) is 0 Å². The van der Waals surface area contributed by atoms with Crippen molar-refractivity contribution in [3.8, 4) is 0 Å². The highest BCUT2D eigenvalue weighted by molar-refractivity contribution is 5.77. The van der Waals surface area contributed by atoms with E-state index in [4.69, 9.17) is 16.6 Å². The van der Waals surface area contributed by atoms with Crippen molar-refractivity contribution in [3.63, 3.8) is 0 Å². The van der Waals surface area contributed by atoms with Gasteiger partial charge in [0.25, 0.3) is 0 Å². The maximum absolute atomic E-state index is 12.9. The molecule has 0 aliphatic carbocycles. The Morgan fingerprint density at radius 2 is 1.49 bits per heavy atom. The number of rotatable bonds is 24. The van der Waals surface area contributed by atoms with E-state index >= 15 is 0 Å². The molecule has 0 heterocycles. The van der Waals surface area contributed by atoms with Crippen molar-refractivity contribution < 1.29 is 14.7 Å². The van der Waals surface area contributed by atoms with Crippen LogP contribution in [-0.2, 0) is 9.59 Å². The number of hydrogen-bond acceptors (Lipinski definition) is 7. The Labute approximate surface area is 227 Å². The van der Waals surface area contributed by atoms with Gasteiger partial charge in [0.15, 0.2) is 0 Å². The molecule has 0 aromatic rings. The normalized spacial score (nSPS) is 16.1. The molecule has 2 unspecified atom stereocenters. The molecular weight excluding hydrogens is 468 g/mol. The second-order valence-corrected chi connectivity index (χ2v) is 11.5. The molecule has 0 aliphatic rings. The van der Waals surface area contributed by atoms with Crippen LogP contribution in [0.5, 0.6) is 0 Å². The molecule has 9 nitrogen and oxygen atoms in total. The summed E-state index contributed by atoms with van der Waals surface area (Å²) in [5, 5.41) is 22.9. The number of nitrogens with two attached hydrogens (primary N) is 2. The van der Waals surface area contributed by atoms with Gasteiger partial charge < -0.3 is 32.5 Å². The molecule has 1 amide bonds. The van der Waals surface area contributed by atoms with Crippen molar-refractivity contribution in [3.05, 3.63) is 0 Å². The van der Waals surface area contributed by atoms with E-state index in [1.807, 2.05) is 6.92 Å². The van der Waals surface area contributed by atoms with Gasteiger partial charge in [-0.15, -0.1) is 0 Å². The van der Waals surface area contributed by atoms with E-state index in [0.717, 1.165) is 58.2 Å². The van der Waals surface area contributed by atoms with E-state index in [0.29, 0.717) is 43.7 Å². The summed E-state index contributed by atoms with van der Waals surface area (Å²) in [6.45, 7) is 16.7. The van der Waals surface area contributed by atoms with Gasteiger partial charge in [-0.3, -0.25) is 14.9 Å². The maximum atomic E-state index is 12.9. The van der Waals surface area contributed by atoms with Crippen LogP contribution in [0.25, 0.3) is 0 Å². The molecule has 0 aromatic carbocycles. The van der Waals surface area contributed by atoms with E-state index in [2.05, 4.69) is 55.9 Å². The standard InChI is InChI=1S/C28H60N6O3/c1-7-10-11-15-28(33-19-23(5)16-22(4)8-2,34-25(35)13-12-14-26(36)37)21-32-18-24(6)17-31-20-27(29,30)9-3/h22-24,31-33H,7-21,29-30H2,1-6H3,(H,34,35)(H,36,37)/t22-,23?,24?,28-/m1/s1. The third-order valence-electron chi connectivity index (χ3n) is 7.20. The molecule has 0 saturated heterocycles. The van der Waals surface area contributed by atoms with Gasteiger partial charge in [0.2, 0.25) is 5.91 Å². The molecule has 9 N–H and O–H groups in total. The Kier molecular flexibility index (Phi) is 19.1. The molecule has 37 heavy (non-hydrogen) atoms. The van der Waals surface area contributed by atoms with Crippen molar-refractivity contribution in [2.24, 2.45) is 29.2 Å². The lowest BCUT2D eigenvalue weighted by Gasteiger charge is -2.38. The van der Waals surface area contributed by atoms with Gasteiger partial charge in [0.1, 0.15) is 5.66 Å². The zero-order valence-corrected chi connectivity index (χ0v) is 24.8. The lowest BCUT2D eigenvalue weighted by molar-refractivity contribution is -0.137. The average Bonchev–Trinajstić information content (AvgIpc) is 2.82. The Morgan fingerprint density at radius 1 is 0.838 bits per heavy atom. The van der Waals surface area contributed by atoms with Crippen LogP contribution in [0.2, 0.25) is 0 Å². The highest BCUT2D eigenvalue weighted by atomic mass is 16.4. The zero-order chi connectivity index (χ0) is 28.3. The minimum atomic E-state index is -0.872. The summed E-state index contributed by atoms with van der Waals surface area (Å²) in [4.78, 5) is 23.8. The topological polar surface area (TPSA) is 155 Å². The van der Waals surface area contributed by atoms with Crippen LogP contribution in [-0.4, -0.2) is 61.0 Å². The lowest BCUT2D eigenvalue weighted by Crippen LogP contribution is -2.65. The monoisotopic (exact) mass is 528 g/mol. The van der Waals surface area contributed by atoms with Crippen LogP contribution >= 0.6 is 0 Å². The maximum Gasteiger partial charge on any atom is 0.303 e. The van der Waals surface area contributed by atoms with Gasteiger partial charge in [-0.25, -0.2) is 0 Å². The third kappa shape index (κ3) is 18.6. The number of unbranched alkanes of at least 4 members (excludes halogenated alkanes) is 2. The van der Waals surface area contributed by atoms with Crippen LogP contribution in [0, 0.1) is 17.8 Å². The molecule has 4 atom stereocenters. The van der Waals surface area contributed by atoms with Gasteiger partial charge in [0.05, 0.1) is 5.66 Å². The largest absolute Gasteiger partial charge is 0.481 e. The van der Waals surface area contributed by atoms with E-state index in [1.165, 1.54) is 0 Å². The van der Waals surface area contributed by atoms with Gasteiger partial charge in [-0.2, -0.15) is 0 Å². The molecule has 0 aromatic heterocycles. The second kappa shape index (κ2) is 19.8. The first-order valence-corrected chi connectivity index (χ1v) is 14.7. The van der Waals surface area contributed by atoms with Gasteiger partial charge in [0, 0.05) is 25.9 Å². The van der Waals surface area contributed by atoms with Crippen molar-refractivity contribution in [2.75, 3.05) is 32.7 Å². The SMILES string of the molecule is CCCCC[C@@](CNCC(C)CNCC(N)(N)CC)(NCC(C)C[C@H](C)CC)NC(=O)CCCC(=O)O. The molecule has 9 heteroatoms. The second-order valence-electron chi connectivity index (χ2n) is 11.5. The fourth-order valence-corrected chi connectivity index (χ4v) is 4.38. The Balaban J connectivity index is 5.28. The van der Waals surface area contributed by atoms with Gasteiger partial charge >= 0.3 is 5.97 Å². The minimum absolute atomic E-state index is 0.00328. The van der Waals surface area contributed by atoms with Crippen LogP contribution in [0.1, 0.15) is 106 Å². The molecule has 0 bridgehead atoms. The summed E-state index contributed by atoms with van der Waals surface area (Å²) in [6.07, 6.45) is 7.58. The summed E-state index contributed by atoms with van der Waals surface area (Å²) < 4.78 is 0. The lowest BCUT2D eigenvalue weighted by atomic mass is 9.93. The third-order valence-corrected chi connectivity index (χ3v) is 7.20. The number of carbonyl (C=O) groups excluding carboxylic acids is 1. The number of carboxylic acids is 1. The fraction of sp³-hybridized carbons (Fsp3) is 0.929. The first-order valence-electron chi connectivity index (χ1n) is 14.7. The predicted octanol–water partition coefficient (Wildman–Crippen LogP) is 3.14. The van der Waals surface area contributed by atoms with Crippen LogP contribution < -0.4 is 32.7 Å². The summed E-state index contributed by atoms with van der Waals surface area (Å²) in [5.74, 6) is 0.536. The van der Waals surface area contributed by atoms with E-state index in [-0.39, 0.29) is 18.7 Å². The number of nitrogens with one attached hydrogen (secondary N) is 4. The van der Waals surface area contributed by atoms with E-state index < -0.39 is 17.3 Å². The van der Waals surface area contributed by atoms with Crippen LogP contribution in [0.15, 0.2) is 0 Å². The highest BCUT2D eigenvalue weighted by Crippen LogP contribution is 2.18. The van der Waals surface area contributed by atoms with Crippen molar-refractivity contribution in [1.82, 2.24) is 21.3 Å². The smallest absolute Gasteiger partial charge is 0.303 e. The number of hydrogen-bond donors (Lipinski definition) is 7. The Hall–Kier alpha value is -1.26. The molecule has 0 spiro atoms. The highest BCUT2D eigenvalue weighted by Gasteiger charge is 2.31. The van der Waals surface area contributed by atoms with Crippen molar-refractivity contribution >= 4 is 11.9 Å². The molecule has 0 fully saturated rings. The van der Waals surface area contributed by atoms with E-state index in [1.54, 1.807) is 0 Å². The minimum Gasteiger partial charge on any atom is -0.481 e. The van der Waals surface area contributed by atoms with E-state index in [9.17, 15) is 9.59 Å². The predicted molar refractivity (Wildman–Crippen MR) is 154 cm³/mol.